The van der Waals surface area contributed by atoms with E-state index in [-0.39, 0.29) is 0 Å². The van der Waals surface area contributed by atoms with Gasteiger partial charge in [-0.25, -0.2) is 0 Å². The maximum absolute atomic E-state index is 6.09. The molecule has 0 radical (unpaired) electrons. The van der Waals surface area contributed by atoms with Gasteiger partial charge in [0, 0.05) is 12.5 Å². The summed E-state index contributed by atoms with van der Waals surface area (Å²) in [7, 11) is 2.12. The van der Waals surface area contributed by atoms with Crippen molar-refractivity contribution in [3.8, 4) is 5.75 Å². The van der Waals surface area contributed by atoms with Crippen molar-refractivity contribution in [2.24, 2.45) is 5.92 Å². The zero-order valence-corrected chi connectivity index (χ0v) is 12.8. The van der Waals surface area contributed by atoms with Gasteiger partial charge in [-0.2, -0.15) is 0 Å². The SMILES string of the molecule is CNC(CCC1Cc2cc(C)ccc2O1)C1CCCC1. The Morgan fingerprint density at radius 1 is 1.30 bits per heavy atom. The van der Waals surface area contributed by atoms with Crippen LogP contribution in [0.15, 0.2) is 18.2 Å². The van der Waals surface area contributed by atoms with Gasteiger partial charge in [-0.1, -0.05) is 30.5 Å². The van der Waals surface area contributed by atoms with Crippen LogP contribution < -0.4 is 10.1 Å². The monoisotopic (exact) mass is 273 g/mol. The number of rotatable bonds is 5. The Morgan fingerprint density at radius 3 is 2.85 bits per heavy atom. The summed E-state index contributed by atoms with van der Waals surface area (Å²) in [6.45, 7) is 2.16. The van der Waals surface area contributed by atoms with Crippen LogP contribution in [0.2, 0.25) is 0 Å². The Kier molecular flexibility index (Phi) is 4.30. The van der Waals surface area contributed by atoms with Crippen molar-refractivity contribution < 1.29 is 4.74 Å². The zero-order chi connectivity index (χ0) is 13.9. The van der Waals surface area contributed by atoms with Crippen LogP contribution in [0.5, 0.6) is 5.75 Å². The van der Waals surface area contributed by atoms with Crippen LogP contribution in [-0.4, -0.2) is 19.2 Å². The second kappa shape index (κ2) is 6.17. The van der Waals surface area contributed by atoms with Gasteiger partial charge in [-0.05, 0) is 57.2 Å². The van der Waals surface area contributed by atoms with E-state index in [1.807, 2.05) is 0 Å². The molecule has 0 bridgehead atoms. The van der Waals surface area contributed by atoms with Crippen LogP contribution in [0, 0.1) is 12.8 Å². The normalized spacial score (nSPS) is 23.6. The number of hydrogen-bond acceptors (Lipinski definition) is 2. The highest BCUT2D eigenvalue weighted by atomic mass is 16.5. The minimum atomic E-state index is 0.393. The van der Waals surface area contributed by atoms with E-state index in [1.165, 1.54) is 49.7 Å². The maximum atomic E-state index is 6.09. The average molecular weight is 273 g/mol. The van der Waals surface area contributed by atoms with E-state index in [4.69, 9.17) is 4.74 Å². The number of hydrogen-bond donors (Lipinski definition) is 1. The molecule has 0 amide bonds. The molecule has 1 aliphatic heterocycles. The first-order valence-corrected chi connectivity index (χ1v) is 8.19. The van der Waals surface area contributed by atoms with E-state index >= 15 is 0 Å². The lowest BCUT2D eigenvalue weighted by molar-refractivity contribution is 0.203. The lowest BCUT2D eigenvalue weighted by Gasteiger charge is -2.24. The molecule has 110 valence electrons. The van der Waals surface area contributed by atoms with Gasteiger partial charge in [0.2, 0.25) is 0 Å². The molecule has 1 saturated carbocycles. The summed E-state index contributed by atoms with van der Waals surface area (Å²) in [4.78, 5) is 0. The molecule has 2 nitrogen and oxygen atoms in total. The largest absolute Gasteiger partial charge is 0.490 e. The average Bonchev–Trinajstić information content (AvgIpc) is 3.08. The van der Waals surface area contributed by atoms with Crippen molar-refractivity contribution in [1.29, 1.82) is 0 Å². The Morgan fingerprint density at radius 2 is 2.10 bits per heavy atom. The van der Waals surface area contributed by atoms with Crippen LogP contribution >= 0.6 is 0 Å². The number of fused-ring (bicyclic) bond motifs is 1. The number of nitrogens with one attached hydrogen (secondary N) is 1. The second-order valence-electron chi connectivity index (χ2n) is 6.57. The summed E-state index contributed by atoms with van der Waals surface area (Å²) >= 11 is 0. The topological polar surface area (TPSA) is 21.3 Å². The molecule has 2 atom stereocenters. The lowest BCUT2D eigenvalue weighted by atomic mass is 9.92. The van der Waals surface area contributed by atoms with Crippen LogP contribution in [0.25, 0.3) is 0 Å². The summed E-state index contributed by atoms with van der Waals surface area (Å²) in [6, 6.07) is 7.25. The van der Waals surface area contributed by atoms with Gasteiger partial charge in [0.15, 0.2) is 0 Å². The van der Waals surface area contributed by atoms with Crippen molar-refractivity contribution in [1.82, 2.24) is 5.32 Å². The number of aryl methyl sites for hydroxylation is 1. The number of benzene rings is 1. The van der Waals surface area contributed by atoms with Crippen LogP contribution in [0.3, 0.4) is 0 Å². The molecular weight excluding hydrogens is 246 g/mol. The molecule has 1 aromatic carbocycles. The highest BCUT2D eigenvalue weighted by Crippen LogP contribution is 2.33. The summed E-state index contributed by atoms with van der Waals surface area (Å²) in [6.07, 6.45) is 9.59. The van der Waals surface area contributed by atoms with E-state index in [2.05, 4.69) is 37.5 Å². The third kappa shape index (κ3) is 3.01. The highest BCUT2D eigenvalue weighted by molar-refractivity contribution is 5.40. The first-order valence-electron chi connectivity index (χ1n) is 8.19. The maximum Gasteiger partial charge on any atom is 0.123 e. The summed E-state index contributed by atoms with van der Waals surface area (Å²) in [5, 5.41) is 3.54. The van der Waals surface area contributed by atoms with Crippen LogP contribution in [0.1, 0.15) is 49.7 Å². The van der Waals surface area contributed by atoms with E-state index in [9.17, 15) is 0 Å². The number of ether oxygens (including phenoxy) is 1. The van der Waals surface area contributed by atoms with Gasteiger partial charge in [0.1, 0.15) is 11.9 Å². The Bertz CT molecular complexity index is 451. The highest BCUT2D eigenvalue weighted by Gasteiger charge is 2.27. The molecule has 1 N–H and O–H groups in total. The van der Waals surface area contributed by atoms with Gasteiger partial charge in [0.05, 0.1) is 0 Å². The van der Waals surface area contributed by atoms with Crippen LogP contribution in [-0.2, 0) is 6.42 Å². The standard InChI is InChI=1S/C18H27NO/c1-13-7-10-18-15(11-13)12-16(20-18)8-9-17(19-2)14-5-3-4-6-14/h7,10-11,14,16-17,19H,3-6,8-9,12H2,1-2H3. The van der Waals surface area contributed by atoms with Crippen LogP contribution in [0.4, 0.5) is 0 Å². The molecule has 1 aliphatic carbocycles. The fraction of sp³-hybridized carbons (Fsp3) is 0.667. The first-order chi connectivity index (χ1) is 9.76. The second-order valence-corrected chi connectivity index (χ2v) is 6.57. The quantitative estimate of drug-likeness (QED) is 0.879. The molecule has 0 aromatic heterocycles. The zero-order valence-electron chi connectivity index (χ0n) is 12.8. The van der Waals surface area contributed by atoms with Crippen molar-refractivity contribution in [3.05, 3.63) is 29.3 Å². The molecule has 3 rings (SSSR count). The molecule has 20 heavy (non-hydrogen) atoms. The third-order valence-electron chi connectivity index (χ3n) is 5.10. The Labute approximate surface area is 122 Å². The third-order valence-corrected chi connectivity index (χ3v) is 5.10. The fourth-order valence-electron chi connectivity index (χ4n) is 3.95. The molecule has 1 heterocycles. The minimum absolute atomic E-state index is 0.393. The first kappa shape index (κ1) is 13.9. The van der Waals surface area contributed by atoms with E-state index < -0.39 is 0 Å². The minimum Gasteiger partial charge on any atom is -0.490 e. The summed E-state index contributed by atoms with van der Waals surface area (Å²) in [5.41, 5.74) is 2.74. The van der Waals surface area contributed by atoms with Gasteiger partial charge in [0.25, 0.3) is 0 Å². The fourth-order valence-corrected chi connectivity index (χ4v) is 3.95. The van der Waals surface area contributed by atoms with Crippen molar-refractivity contribution in [2.75, 3.05) is 7.05 Å². The molecule has 2 aliphatic rings. The van der Waals surface area contributed by atoms with E-state index in [1.54, 1.807) is 0 Å². The molecular formula is C18H27NO. The molecule has 2 unspecified atom stereocenters. The van der Waals surface area contributed by atoms with Gasteiger partial charge >= 0.3 is 0 Å². The molecule has 1 fully saturated rings. The molecule has 1 aromatic rings. The molecule has 2 heteroatoms. The van der Waals surface area contributed by atoms with Gasteiger partial charge in [-0.15, -0.1) is 0 Å². The van der Waals surface area contributed by atoms with E-state index in [0.29, 0.717) is 12.1 Å². The van der Waals surface area contributed by atoms with E-state index in [0.717, 1.165) is 18.1 Å². The predicted octanol–water partition coefficient (Wildman–Crippen LogP) is 3.86. The molecule has 0 saturated heterocycles. The van der Waals surface area contributed by atoms with Gasteiger partial charge in [-0.3, -0.25) is 0 Å². The Hall–Kier alpha value is -1.02. The molecule has 0 spiro atoms. The van der Waals surface area contributed by atoms with Crippen molar-refractivity contribution in [3.63, 3.8) is 0 Å². The lowest BCUT2D eigenvalue weighted by Crippen LogP contribution is -2.33. The van der Waals surface area contributed by atoms with Crippen molar-refractivity contribution >= 4 is 0 Å². The Balaban J connectivity index is 1.52. The predicted molar refractivity (Wildman–Crippen MR) is 83.3 cm³/mol. The van der Waals surface area contributed by atoms with Crippen molar-refractivity contribution in [2.45, 2.75) is 64.0 Å². The smallest absolute Gasteiger partial charge is 0.123 e. The summed E-state index contributed by atoms with van der Waals surface area (Å²) < 4.78 is 6.09. The summed E-state index contributed by atoms with van der Waals surface area (Å²) in [5.74, 6) is 2.01. The van der Waals surface area contributed by atoms with Gasteiger partial charge < -0.3 is 10.1 Å².